The molecule has 0 aliphatic rings. The van der Waals surface area contributed by atoms with E-state index in [2.05, 4.69) is 30.2 Å². The maximum atomic E-state index is 12.1. The summed E-state index contributed by atoms with van der Waals surface area (Å²) in [6, 6.07) is 3.55. The Morgan fingerprint density at radius 2 is 2.10 bits per heavy atom. The maximum absolute atomic E-state index is 12.1. The minimum atomic E-state index is -0.429. The van der Waals surface area contributed by atoms with Gasteiger partial charge in [0.1, 0.15) is 0 Å². The van der Waals surface area contributed by atoms with E-state index < -0.39 is 6.04 Å². The Balaban J connectivity index is 2.63. The molecule has 0 aliphatic carbocycles. The molecule has 3 atom stereocenters. The predicted molar refractivity (Wildman–Crippen MR) is 82.3 cm³/mol. The fraction of sp³-hybridized carbons (Fsp3) is 0.625. The third-order valence-electron chi connectivity index (χ3n) is 3.97. The van der Waals surface area contributed by atoms with Gasteiger partial charge in [0.2, 0.25) is 5.91 Å². The van der Waals surface area contributed by atoms with Crippen LogP contribution in [-0.2, 0) is 4.79 Å². The van der Waals surface area contributed by atoms with Gasteiger partial charge in [0, 0.05) is 24.9 Å². The smallest absolute Gasteiger partial charge is 0.237 e. The molecule has 1 amide bonds. The molecule has 1 rings (SSSR count). The predicted octanol–water partition coefficient (Wildman–Crippen LogP) is 2.31. The quantitative estimate of drug-likeness (QED) is 0.803. The number of nitrogens with zero attached hydrogens (tertiary/aromatic N) is 1. The Labute approximate surface area is 122 Å². The third-order valence-corrected chi connectivity index (χ3v) is 3.97. The van der Waals surface area contributed by atoms with Crippen molar-refractivity contribution in [2.75, 3.05) is 6.54 Å². The molecule has 112 valence electrons. The molecule has 0 spiro atoms. The average Bonchev–Trinajstić information content (AvgIpc) is 2.46. The van der Waals surface area contributed by atoms with Gasteiger partial charge in [-0.25, -0.2) is 0 Å². The van der Waals surface area contributed by atoms with E-state index in [-0.39, 0.29) is 17.7 Å². The summed E-state index contributed by atoms with van der Waals surface area (Å²) in [6.45, 7) is 8.96. The minimum absolute atomic E-state index is 0.0612. The molecule has 1 heterocycles. The summed E-state index contributed by atoms with van der Waals surface area (Å²) < 4.78 is 0. The van der Waals surface area contributed by atoms with Crippen molar-refractivity contribution in [3.63, 3.8) is 0 Å². The van der Waals surface area contributed by atoms with E-state index in [1.807, 2.05) is 26.1 Å². The van der Waals surface area contributed by atoms with Gasteiger partial charge in [-0.3, -0.25) is 9.78 Å². The first-order valence-electron chi connectivity index (χ1n) is 7.40. The standard InChI is InChI=1S/C16H27N3O/c1-5-12(4)15(17)16(20)19-10-14(11(2)3)13-7-6-8-18-9-13/h6-9,11-12,14-15H,5,10,17H2,1-4H3,(H,19,20). The lowest BCUT2D eigenvalue weighted by molar-refractivity contribution is -0.123. The number of carbonyl (C=O) groups is 1. The molecule has 4 heteroatoms. The number of nitrogens with one attached hydrogen (secondary N) is 1. The Morgan fingerprint density at radius 3 is 2.60 bits per heavy atom. The zero-order valence-corrected chi connectivity index (χ0v) is 13.0. The van der Waals surface area contributed by atoms with Crippen molar-refractivity contribution in [2.24, 2.45) is 17.6 Å². The fourth-order valence-corrected chi connectivity index (χ4v) is 2.17. The molecule has 1 aromatic heterocycles. The van der Waals surface area contributed by atoms with Crippen LogP contribution in [0, 0.1) is 11.8 Å². The van der Waals surface area contributed by atoms with Gasteiger partial charge in [0.25, 0.3) is 0 Å². The summed E-state index contributed by atoms with van der Waals surface area (Å²) in [5.41, 5.74) is 7.10. The Morgan fingerprint density at radius 1 is 1.40 bits per heavy atom. The maximum Gasteiger partial charge on any atom is 0.237 e. The minimum Gasteiger partial charge on any atom is -0.354 e. The van der Waals surface area contributed by atoms with Crippen LogP contribution < -0.4 is 11.1 Å². The molecule has 0 bridgehead atoms. The van der Waals surface area contributed by atoms with Crippen molar-refractivity contribution in [1.29, 1.82) is 0 Å². The zero-order valence-electron chi connectivity index (χ0n) is 13.0. The van der Waals surface area contributed by atoms with Gasteiger partial charge >= 0.3 is 0 Å². The van der Waals surface area contributed by atoms with Gasteiger partial charge in [-0.15, -0.1) is 0 Å². The summed E-state index contributed by atoms with van der Waals surface area (Å²) in [7, 11) is 0. The Hall–Kier alpha value is -1.42. The lowest BCUT2D eigenvalue weighted by Crippen LogP contribution is -2.46. The number of nitrogens with two attached hydrogens (primary N) is 1. The normalized spacial score (nSPS) is 15.7. The molecule has 1 aromatic rings. The topological polar surface area (TPSA) is 68.0 Å². The third kappa shape index (κ3) is 4.60. The number of hydrogen-bond donors (Lipinski definition) is 2. The van der Waals surface area contributed by atoms with E-state index in [9.17, 15) is 4.79 Å². The number of rotatable bonds is 7. The second-order valence-electron chi connectivity index (χ2n) is 5.79. The van der Waals surface area contributed by atoms with Crippen LogP contribution in [0.2, 0.25) is 0 Å². The number of carbonyl (C=O) groups excluding carboxylic acids is 1. The molecular formula is C16H27N3O. The van der Waals surface area contributed by atoms with E-state index in [1.165, 1.54) is 0 Å². The van der Waals surface area contributed by atoms with Crippen LogP contribution in [0.5, 0.6) is 0 Å². The van der Waals surface area contributed by atoms with Gasteiger partial charge in [-0.2, -0.15) is 0 Å². The van der Waals surface area contributed by atoms with Crippen LogP contribution in [0.3, 0.4) is 0 Å². The van der Waals surface area contributed by atoms with Gasteiger partial charge in [0.15, 0.2) is 0 Å². The molecule has 20 heavy (non-hydrogen) atoms. The van der Waals surface area contributed by atoms with Crippen molar-refractivity contribution >= 4 is 5.91 Å². The van der Waals surface area contributed by atoms with Crippen LogP contribution in [0.4, 0.5) is 0 Å². The largest absolute Gasteiger partial charge is 0.354 e. The molecule has 0 aromatic carbocycles. The molecule has 0 saturated heterocycles. The van der Waals surface area contributed by atoms with E-state index in [0.29, 0.717) is 12.5 Å². The number of amides is 1. The van der Waals surface area contributed by atoms with Gasteiger partial charge in [-0.05, 0) is 23.5 Å². The monoisotopic (exact) mass is 277 g/mol. The summed E-state index contributed by atoms with van der Waals surface area (Å²) in [5, 5.41) is 2.99. The highest BCUT2D eigenvalue weighted by atomic mass is 16.2. The van der Waals surface area contributed by atoms with E-state index in [4.69, 9.17) is 5.73 Å². The summed E-state index contributed by atoms with van der Waals surface area (Å²) in [4.78, 5) is 16.2. The molecule has 4 nitrogen and oxygen atoms in total. The SMILES string of the molecule is CCC(C)C(N)C(=O)NCC(c1cccnc1)C(C)C. The van der Waals surface area contributed by atoms with E-state index in [1.54, 1.807) is 6.20 Å². The Bertz CT molecular complexity index is 405. The van der Waals surface area contributed by atoms with Crippen LogP contribution >= 0.6 is 0 Å². The van der Waals surface area contributed by atoms with Crippen LogP contribution in [0.1, 0.15) is 45.6 Å². The summed E-state index contributed by atoms with van der Waals surface area (Å²) in [6.07, 6.45) is 4.54. The summed E-state index contributed by atoms with van der Waals surface area (Å²) in [5.74, 6) is 0.830. The first-order valence-corrected chi connectivity index (χ1v) is 7.40. The summed E-state index contributed by atoms with van der Waals surface area (Å²) >= 11 is 0. The van der Waals surface area contributed by atoms with Crippen molar-refractivity contribution in [1.82, 2.24) is 10.3 Å². The van der Waals surface area contributed by atoms with Gasteiger partial charge < -0.3 is 11.1 Å². The lowest BCUT2D eigenvalue weighted by atomic mass is 9.89. The van der Waals surface area contributed by atoms with Gasteiger partial charge in [-0.1, -0.05) is 40.2 Å². The first-order chi connectivity index (χ1) is 9.47. The Kier molecular flexibility index (Phi) is 6.65. The number of hydrogen-bond acceptors (Lipinski definition) is 3. The van der Waals surface area contributed by atoms with Crippen molar-refractivity contribution < 1.29 is 4.79 Å². The molecule has 0 fully saturated rings. The van der Waals surface area contributed by atoms with Crippen molar-refractivity contribution in [2.45, 2.75) is 46.1 Å². The van der Waals surface area contributed by atoms with Crippen LogP contribution in [0.15, 0.2) is 24.5 Å². The highest BCUT2D eigenvalue weighted by molar-refractivity contribution is 5.81. The highest BCUT2D eigenvalue weighted by Gasteiger charge is 2.22. The number of pyridine rings is 1. The molecule has 3 N–H and O–H groups in total. The number of aromatic nitrogens is 1. The van der Waals surface area contributed by atoms with E-state index in [0.717, 1.165) is 12.0 Å². The van der Waals surface area contributed by atoms with Crippen LogP contribution in [-0.4, -0.2) is 23.5 Å². The molecule has 0 saturated carbocycles. The molecular weight excluding hydrogens is 250 g/mol. The molecule has 0 radical (unpaired) electrons. The second-order valence-corrected chi connectivity index (χ2v) is 5.79. The molecule has 3 unspecified atom stereocenters. The first kappa shape index (κ1) is 16.6. The van der Waals surface area contributed by atoms with Crippen molar-refractivity contribution in [3.8, 4) is 0 Å². The zero-order chi connectivity index (χ0) is 15.1. The molecule has 0 aliphatic heterocycles. The average molecular weight is 277 g/mol. The highest BCUT2D eigenvalue weighted by Crippen LogP contribution is 2.22. The van der Waals surface area contributed by atoms with E-state index >= 15 is 0 Å². The van der Waals surface area contributed by atoms with Gasteiger partial charge in [0.05, 0.1) is 6.04 Å². The van der Waals surface area contributed by atoms with Crippen molar-refractivity contribution in [3.05, 3.63) is 30.1 Å². The fourth-order valence-electron chi connectivity index (χ4n) is 2.17. The lowest BCUT2D eigenvalue weighted by Gasteiger charge is -2.24. The second kappa shape index (κ2) is 8.00. The van der Waals surface area contributed by atoms with Crippen LogP contribution in [0.25, 0.3) is 0 Å².